The Morgan fingerprint density at radius 2 is 1.90 bits per heavy atom. The number of benzene rings is 3. The third kappa shape index (κ3) is 4.09. The minimum Gasteiger partial charge on any atom is -0.461 e. The lowest BCUT2D eigenvalue weighted by atomic mass is 10.2. The fourth-order valence-electron chi connectivity index (χ4n) is 3.05. The number of carbonyl (C=O) groups is 1. The van der Waals surface area contributed by atoms with Crippen LogP contribution in [-0.4, -0.2) is 17.6 Å². The predicted molar refractivity (Wildman–Crippen MR) is 115 cm³/mol. The lowest BCUT2D eigenvalue weighted by Crippen LogP contribution is -2.04. The molecule has 0 spiro atoms. The molecule has 2 N–H and O–H groups in total. The average Bonchev–Trinajstić information content (AvgIpc) is 3.20. The highest BCUT2D eigenvalue weighted by atomic mass is 35.5. The van der Waals surface area contributed by atoms with Crippen LogP contribution in [0.25, 0.3) is 10.9 Å². The molecule has 0 aliphatic rings. The Bertz CT molecular complexity index is 1210. The van der Waals surface area contributed by atoms with E-state index in [-0.39, 0.29) is 17.8 Å². The van der Waals surface area contributed by atoms with Crippen LogP contribution in [0.3, 0.4) is 0 Å². The highest BCUT2D eigenvalue weighted by Crippen LogP contribution is 2.34. The zero-order valence-corrected chi connectivity index (χ0v) is 16.8. The van der Waals surface area contributed by atoms with Gasteiger partial charge in [-0.15, -0.1) is 0 Å². The lowest BCUT2D eigenvalue weighted by Gasteiger charge is -2.11. The number of hydrogen-bond acceptors (Lipinski definition) is 4. The average molecular weight is 425 g/mol. The van der Waals surface area contributed by atoms with Crippen molar-refractivity contribution in [1.82, 2.24) is 4.98 Å². The summed E-state index contributed by atoms with van der Waals surface area (Å²) >= 11 is 6.38. The van der Waals surface area contributed by atoms with Crippen molar-refractivity contribution in [3.63, 3.8) is 0 Å². The maximum Gasteiger partial charge on any atom is 0.354 e. The van der Waals surface area contributed by atoms with Gasteiger partial charge in [0.15, 0.2) is 0 Å². The topological polar surface area (TPSA) is 63.4 Å². The first-order valence-corrected chi connectivity index (χ1v) is 9.70. The fourth-order valence-corrected chi connectivity index (χ4v) is 3.26. The van der Waals surface area contributed by atoms with E-state index in [0.29, 0.717) is 33.3 Å². The van der Waals surface area contributed by atoms with Crippen LogP contribution in [0.5, 0.6) is 11.5 Å². The van der Waals surface area contributed by atoms with Gasteiger partial charge in [0.05, 0.1) is 17.1 Å². The van der Waals surface area contributed by atoms with Crippen LogP contribution in [-0.2, 0) is 4.74 Å². The van der Waals surface area contributed by atoms with E-state index in [1.165, 1.54) is 6.07 Å². The Kier molecular flexibility index (Phi) is 5.59. The minimum atomic E-state index is -0.537. The Morgan fingerprint density at radius 1 is 1.10 bits per heavy atom. The second-order valence-corrected chi connectivity index (χ2v) is 6.88. The van der Waals surface area contributed by atoms with E-state index in [9.17, 15) is 9.18 Å². The van der Waals surface area contributed by atoms with Crippen LogP contribution in [0.1, 0.15) is 17.4 Å². The summed E-state index contributed by atoms with van der Waals surface area (Å²) in [5.41, 5.74) is 1.71. The number of nitrogens with one attached hydrogen (secondary N) is 2. The van der Waals surface area contributed by atoms with Crippen molar-refractivity contribution in [1.29, 1.82) is 0 Å². The maximum atomic E-state index is 14.2. The number of hydrogen-bond donors (Lipinski definition) is 2. The molecule has 0 fully saturated rings. The van der Waals surface area contributed by atoms with Gasteiger partial charge in [-0.25, -0.2) is 9.18 Å². The summed E-state index contributed by atoms with van der Waals surface area (Å²) in [6, 6.07) is 19.1. The molecule has 0 bridgehead atoms. The summed E-state index contributed by atoms with van der Waals surface area (Å²) in [4.78, 5) is 14.8. The Labute approximate surface area is 177 Å². The van der Waals surface area contributed by atoms with E-state index >= 15 is 0 Å². The van der Waals surface area contributed by atoms with Gasteiger partial charge in [-0.2, -0.15) is 0 Å². The van der Waals surface area contributed by atoms with Gasteiger partial charge >= 0.3 is 5.97 Å². The number of anilines is 2. The summed E-state index contributed by atoms with van der Waals surface area (Å²) in [5, 5.41) is 4.16. The van der Waals surface area contributed by atoms with Crippen LogP contribution in [0.2, 0.25) is 5.02 Å². The lowest BCUT2D eigenvalue weighted by molar-refractivity contribution is 0.0520. The normalized spacial score (nSPS) is 10.8. The standard InChI is InChI=1S/C23H18ClFN2O3/c1-2-29-23(28)20-13-16-19(10-9-18(25)22(16)27-20)26-14-8-11-21(17(24)12-14)30-15-6-4-3-5-7-15/h3-13,26-27H,2H2,1H3. The largest absolute Gasteiger partial charge is 0.461 e. The molecule has 0 radical (unpaired) electrons. The van der Waals surface area contributed by atoms with Crippen molar-refractivity contribution in [2.45, 2.75) is 6.92 Å². The molecule has 152 valence electrons. The molecular formula is C23H18ClFN2O3. The summed E-state index contributed by atoms with van der Waals surface area (Å²) < 4.78 is 25.0. The number of fused-ring (bicyclic) bond motifs is 1. The minimum absolute atomic E-state index is 0.185. The molecule has 0 unspecified atom stereocenters. The van der Waals surface area contributed by atoms with E-state index in [1.807, 2.05) is 30.3 Å². The van der Waals surface area contributed by atoms with Crippen molar-refractivity contribution in [3.05, 3.63) is 83.3 Å². The fraction of sp³-hybridized carbons (Fsp3) is 0.0870. The van der Waals surface area contributed by atoms with Gasteiger partial charge in [-0.05, 0) is 55.5 Å². The van der Waals surface area contributed by atoms with Crippen LogP contribution >= 0.6 is 11.6 Å². The molecule has 0 aliphatic carbocycles. The highest BCUT2D eigenvalue weighted by molar-refractivity contribution is 6.32. The van der Waals surface area contributed by atoms with Crippen LogP contribution in [0.15, 0.2) is 66.7 Å². The van der Waals surface area contributed by atoms with E-state index in [4.69, 9.17) is 21.1 Å². The van der Waals surface area contributed by atoms with Crippen LogP contribution in [0, 0.1) is 5.82 Å². The number of rotatable bonds is 6. The number of carbonyl (C=O) groups excluding carboxylic acids is 1. The molecule has 1 heterocycles. The van der Waals surface area contributed by atoms with Gasteiger partial charge in [-0.3, -0.25) is 0 Å². The number of aromatic amines is 1. The molecule has 1 aromatic heterocycles. The molecule has 7 heteroatoms. The van der Waals surface area contributed by atoms with Crippen LogP contribution < -0.4 is 10.1 Å². The highest BCUT2D eigenvalue weighted by Gasteiger charge is 2.16. The van der Waals surface area contributed by atoms with E-state index < -0.39 is 11.8 Å². The van der Waals surface area contributed by atoms with Crippen molar-refractivity contribution in [2.75, 3.05) is 11.9 Å². The zero-order chi connectivity index (χ0) is 21.1. The SMILES string of the molecule is CCOC(=O)c1cc2c(Nc3ccc(Oc4ccccc4)c(Cl)c3)ccc(F)c2[nH]1. The molecule has 3 aromatic carbocycles. The molecule has 4 aromatic rings. The van der Waals surface area contributed by atoms with Gasteiger partial charge in [0.25, 0.3) is 0 Å². The van der Waals surface area contributed by atoms with Gasteiger partial charge in [-0.1, -0.05) is 29.8 Å². The van der Waals surface area contributed by atoms with Gasteiger partial charge < -0.3 is 19.8 Å². The molecule has 0 amide bonds. The number of esters is 1. The van der Waals surface area contributed by atoms with Crippen molar-refractivity contribution in [2.24, 2.45) is 0 Å². The molecule has 5 nitrogen and oxygen atoms in total. The van der Waals surface area contributed by atoms with E-state index in [2.05, 4.69) is 10.3 Å². The second kappa shape index (κ2) is 8.47. The monoisotopic (exact) mass is 424 g/mol. The molecule has 4 rings (SSSR count). The van der Waals surface area contributed by atoms with Crippen molar-refractivity contribution in [3.8, 4) is 11.5 Å². The molecule has 0 aliphatic heterocycles. The smallest absolute Gasteiger partial charge is 0.354 e. The van der Waals surface area contributed by atoms with Gasteiger partial charge in [0.1, 0.15) is 23.0 Å². The number of para-hydroxylation sites is 1. The third-order valence-electron chi connectivity index (χ3n) is 4.42. The van der Waals surface area contributed by atoms with Crippen molar-refractivity contribution < 1.29 is 18.7 Å². The number of aromatic nitrogens is 1. The first kappa shape index (κ1) is 19.8. The number of halogens is 2. The Balaban J connectivity index is 1.61. The summed E-state index contributed by atoms with van der Waals surface area (Å²) in [7, 11) is 0. The number of ether oxygens (including phenoxy) is 2. The summed E-state index contributed by atoms with van der Waals surface area (Å²) in [6.07, 6.45) is 0. The quantitative estimate of drug-likeness (QED) is 0.339. The third-order valence-corrected chi connectivity index (χ3v) is 4.72. The zero-order valence-electron chi connectivity index (χ0n) is 16.0. The number of H-pyrrole nitrogens is 1. The van der Waals surface area contributed by atoms with Crippen LogP contribution in [0.4, 0.5) is 15.8 Å². The summed E-state index contributed by atoms with van der Waals surface area (Å²) in [5.74, 6) is 0.198. The Hall–Kier alpha value is -3.51. The molecular weight excluding hydrogens is 407 g/mol. The maximum absolute atomic E-state index is 14.2. The molecule has 0 atom stereocenters. The van der Waals surface area contributed by atoms with Gasteiger partial charge in [0, 0.05) is 16.8 Å². The Morgan fingerprint density at radius 3 is 2.63 bits per heavy atom. The van der Waals surface area contributed by atoms with Gasteiger partial charge in [0.2, 0.25) is 0 Å². The second-order valence-electron chi connectivity index (χ2n) is 6.47. The first-order chi connectivity index (χ1) is 14.5. The molecule has 0 saturated carbocycles. The van der Waals surface area contributed by atoms with Crippen molar-refractivity contribution >= 4 is 39.8 Å². The molecule has 0 saturated heterocycles. The van der Waals surface area contributed by atoms with E-state index in [1.54, 1.807) is 37.3 Å². The van der Waals surface area contributed by atoms with E-state index in [0.717, 1.165) is 0 Å². The molecule has 30 heavy (non-hydrogen) atoms. The first-order valence-electron chi connectivity index (χ1n) is 9.33. The predicted octanol–water partition coefficient (Wildman–Crippen LogP) is 6.67. The summed E-state index contributed by atoms with van der Waals surface area (Å²) in [6.45, 7) is 1.95.